The minimum atomic E-state index is -0.448. The van der Waals surface area contributed by atoms with Crippen molar-refractivity contribution in [3.8, 4) is 0 Å². The summed E-state index contributed by atoms with van der Waals surface area (Å²) in [5.74, 6) is 1.85. The van der Waals surface area contributed by atoms with E-state index in [0.717, 1.165) is 6.42 Å². The fourth-order valence-electron chi connectivity index (χ4n) is 2.69. The standard InChI is InChI=1S/C13H20N4O2/c1-8-4-3-5-11(9(8)2)15-13-7-10(17(18)19)6-12(14)16-13/h6-9,11H,3-5H2,1-2H3,(H3,14,15,16). The molecule has 1 heterocycles. The molecule has 3 unspecified atom stereocenters. The Kier molecular flexibility index (Phi) is 3.87. The second-order valence-corrected chi connectivity index (χ2v) is 5.41. The summed E-state index contributed by atoms with van der Waals surface area (Å²) < 4.78 is 0. The van der Waals surface area contributed by atoms with Crippen molar-refractivity contribution in [1.29, 1.82) is 0 Å². The van der Waals surface area contributed by atoms with Crippen LogP contribution in [0.15, 0.2) is 12.1 Å². The van der Waals surface area contributed by atoms with Gasteiger partial charge in [-0.2, -0.15) is 0 Å². The van der Waals surface area contributed by atoms with Crippen molar-refractivity contribution < 1.29 is 4.92 Å². The number of nitrogens with zero attached hydrogens (tertiary/aromatic N) is 2. The summed E-state index contributed by atoms with van der Waals surface area (Å²) in [6.07, 6.45) is 3.48. The van der Waals surface area contributed by atoms with E-state index in [2.05, 4.69) is 24.1 Å². The van der Waals surface area contributed by atoms with Crippen LogP contribution in [0.2, 0.25) is 0 Å². The monoisotopic (exact) mass is 264 g/mol. The number of anilines is 2. The zero-order valence-corrected chi connectivity index (χ0v) is 11.3. The molecule has 104 valence electrons. The second-order valence-electron chi connectivity index (χ2n) is 5.41. The number of hydrogen-bond donors (Lipinski definition) is 2. The normalized spacial score (nSPS) is 26.9. The van der Waals surface area contributed by atoms with E-state index in [4.69, 9.17) is 5.73 Å². The van der Waals surface area contributed by atoms with Crippen molar-refractivity contribution in [3.05, 3.63) is 22.2 Å². The number of nitrogens with two attached hydrogens (primary N) is 1. The molecule has 1 aliphatic rings. The highest BCUT2D eigenvalue weighted by Gasteiger charge is 2.27. The number of pyridine rings is 1. The predicted molar refractivity (Wildman–Crippen MR) is 74.9 cm³/mol. The summed E-state index contributed by atoms with van der Waals surface area (Å²) in [6.45, 7) is 4.45. The summed E-state index contributed by atoms with van der Waals surface area (Å²) in [7, 11) is 0. The summed E-state index contributed by atoms with van der Waals surface area (Å²) in [5, 5.41) is 14.1. The molecular formula is C13H20N4O2. The minimum Gasteiger partial charge on any atom is -0.383 e. The van der Waals surface area contributed by atoms with Crippen LogP contribution in [0.5, 0.6) is 0 Å². The van der Waals surface area contributed by atoms with Gasteiger partial charge in [-0.05, 0) is 18.3 Å². The lowest BCUT2D eigenvalue weighted by atomic mass is 9.78. The molecule has 1 aromatic heterocycles. The third kappa shape index (κ3) is 3.13. The highest BCUT2D eigenvalue weighted by molar-refractivity contribution is 5.53. The molecule has 3 atom stereocenters. The number of nitrogens with one attached hydrogen (secondary N) is 1. The van der Waals surface area contributed by atoms with Crippen LogP contribution in [0.25, 0.3) is 0 Å². The van der Waals surface area contributed by atoms with Crippen LogP contribution in [-0.2, 0) is 0 Å². The van der Waals surface area contributed by atoms with Crippen molar-refractivity contribution in [3.63, 3.8) is 0 Å². The van der Waals surface area contributed by atoms with Gasteiger partial charge in [0.2, 0.25) is 0 Å². The van der Waals surface area contributed by atoms with Gasteiger partial charge < -0.3 is 11.1 Å². The topological polar surface area (TPSA) is 94.1 Å². The first-order chi connectivity index (χ1) is 8.97. The average Bonchev–Trinajstić information content (AvgIpc) is 2.34. The van der Waals surface area contributed by atoms with Crippen LogP contribution >= 0.6 is 0 Å². The second kappa shape index (κ2) is 5.42. The molecule has 2 rings (SSSR count). The number of hydrogen-bond acceptors (Lipinski definition) is 5. The third-order valence-corrected chi connectivity index (χ3v) is 4.08. The SMILES string of the molecule is CC1CCCC(Nc2cc([N+](=O)[O-])cc(N)n2)C1C. The van der Waals surface area contributed by atoms with Crippen LogP contribution in [0.3, 0.4) is 0 Å². The van der Waals surface area contributed by atoms with Crippen LogP contribution in [0.4, 0.5) is 17.3 Å². The molecular weight excluding hydrogens is 244 g/mol. The van der Waals surface area contributed by atoms with Gasteiger partial charge in [-0.15, -0.1) is 0 Å². The zero-order valence-electron chi connectivity index (χ0n) is 11.3. The molecule has 3 N–H and O–H groups in total. The molecule has 0 saturated heterocycles. The lowest BCUT2D eigenvalue weighted by Crippen LogP contribution is -2.35. The van der Waals surface area contributed by atoms with Gasteiger partial charge in [0.25, 0.3) is 5.69 Å². The molecule has 1 aliphatic carbocycles. The maximum absolute atomic E-state index is 10.8. The maximum atomic E-state index is 10.8. The van der Waals surface area contributed by atoms with Crippen LogP contribution < -0.4 is 11.1 Å². The Hall–Kier alpha value is -1.85. The smallest absolute Gasteiger partial charge is 0.276 e. The molecule has 0 bridgehead atoms. The van der Waals surface area contributed by atoms with E-state index >= 15 is 0 Å². The van der Waals surface area contributed by atoms with Crippen molar-refractivity contribution in [2.75, 3.05) is 11.1 Å². The zero-order chi connectivity index (χ0) is 14.0. The molecule has 0 radical (unpaired) electrons. The van der Waals surface area contributed by atoms with Gasteiger partial charge in [0.1, 0.15) is 11.6 Å². The quantitative estimate of drug-likeness (QED) is 0.646. The molecule has 0 aliphatic heterocycles. The van der Waals surface area contributed by atoms with E-state index < -0.39 is 4.92 Å². The summed E-state index contributed by atoms with van der Waals surface area (Å²) in [4.78, 5) is 14.5. The van der Waals surface area contributed by atoms with Gasteiger partial charge in [0.15, 0.2) is 0 Å². The van der Waals surface area contributed by atoms with Gasteiger partial charge in [-0.1, -0.05) is 26.7 Å². The largest absolute Gasteiger partial charge is 0.383 e. The fourth-order valence-corrected chi connectivity index (χ4v) is 2.69. The van der Waals surface area contributed by atoms with Crippen molar-refractivity contribution in [1.82, 2.24) is 4.98 Å². The Morgan fingerprint density at radius 2 is 2.16 bits per heavy atom. The van der Waals surface area contributed by atoms with Crippen molar-refractivity contribution in [2.45, 2.75) is 39.2 Å². The number of nitro groups is 1. The van der Waals surface area contributed by atoms with E-state index in [1.165, 1.54) is 25.0 Å². The lowest BCUT2D eigenvalue weighted by molar-refractivity contribution is -0.384. The summed E-state index contributed by atoms with van der Waals surface area (Å²) in [6, 6.07) is 3.03. The van der Waals surface area contributed by atoms with Gasteiger partial charge in [-0.25, -0.2) is 4.98 Å². The Bertz CT molecular complexity index is 478. The molecule has 1 fully saturated rings. The first kappa shape index (κ1) is 13.6. The summed E-state index contributed by atoms with van der Waals surface area (Å²) >= 11 is 0. The number of rotatable bonds is 3. The molecule has 0 amide bonds. The number of aromatic nitrogens is 1. The number of nitrogen functional groups attached to an aromatic ring is 1. The highest BCUT2D eigenvalue weighted by atomic mass is 16.6. The van der Waals surface area contributed by atoms with Crippen molar-refractivity contribution >= 4 is 17.3 Å². The van der Waals surface area contributed by atoms with E-state index in [9.17, 15) is 10.1 Å². The van der Waals surface area contributed by atoms with Crippen molar-refractivity contribution in [2.24, 2.45) is 11.8 Å². The molecule has 0 spiro atoms. The molecule has 6 nitrogen and oxygen atoms in total. The van der Waals surface area contributed by atoms with Crippen LogP contribution in [0.1, 0.15) is 33.1 Å². The molecule has 6 heteroatoms. The predicted octanol–water partition coefficient (Wildman–Crippen LogP) is 2.81. The van der Waals surface area contributed by atoms with Crippen LogP contribution in [0, 0.1) is 22.0 Å². The van der Waals surface area contributed by atoms with E-state index in [1.54, 1.807) is 0 Å². The van der Waals surface area contributed by atoms with Gasteiger partial charge >= 0.3 is 0 Å². The molecule has 19 heavy (non-hydrogen) atoms. The van der Waals surface area contributed by atoms with Gasteiger partial charge in [0.05, 0.1) is 17.1 Å². The Morgan fingerprint density at radius 3 is 2.84 bits per heavy atom. The first-order valence-corrected chi connectivity index (χ1v) is 6.66. The van der Waals surface area contributed by atoms with Crippen LogP contribution in [-0.4, -0.2) is 15.9 Å². The summed E-state index contributed by atoms with van der Waals surface area (Å²) in [5.41, 5.74) is 5.59. The highest BCUT2D eigenvalue weighted by Crippen LogP contribution is 2.32. The first-order valence-electron chi connectivity index (χ1n) is 6.66. The Morgan fingerprint density at radius 1 is 1.42 bits per heavy atom. The van der Waals surface area contributed by atoms with E-state index in [-0.39, 0.29) is 11.5 Å². The molecule has 0 aromatic carbocycles. The third-order valence-electron chi connectivity index (χ3n) is 4.08. The van der Waals surface area contributed by atoms with Gasteiger partial charge in [-0.3, -0.25) is 10.1 Å². The fraction of sp³-hybridized carbons (Fsp3) is 0.615. The average molecular weight is 264 g/mol. The Balaban J connectivity index is 2.16. The lowest BCUT2D eigenvalue weighted by Gasteiger charge is -2.34. The van der Waals surface area contributed by atoms with Gasteiger partial charge in [0, 0.05) is 6.04 Å². The van der Waals surface area contributed by atoms with E-state index in [1.807, 2.05) is 0 Å². The molecule has 1 saturated carbocycles. The minimum absolute atomic E-state index is 0.0217. The van der Waals surface area contributed by atoms with E-state index in [0.29, 0.717) is 23.7 Å². The maximum Gasteiger partial charge on any atom is 0.276 e. The Labute approximate surface area is 112 Å². The molecule has 1 aromatic rings.